The van der Waals surface area contributed by atoms with Crippen molar-refractivity contribution in [2.75, 3.05) is 13.1 Å². The summed E-state index contributed by atoms with van der Waals surface area (Å²) in [5.41, 5.74) is 0.315. The number of aromatic nitrogens is 1. The van der Waals surface area contributed by atoms with Crippen molar-refractivity contribution in [3.05, 3.63) is 16.6 Å². The summed E-state index contributed by atoms with van der Waals surface area (Å²) in [5.74, 6) is -1.72. The molecule has 0 saturated heterocycles. The Bertz CT molecular complexity index is 555. The molecule has 0 spiro atoms. The van der Waals surface area contributed by atoms with Gasteiger partial charge in [0, 0.05) is 5.38 Å². The lowest BCUT2D eigenvalue weighted by Gasteiger charge is -2.26. The standard InChI is InChI=1S/C16H24N2O5S/c1-15(2,3)22-12(19)7-18(8-13(20)23-16(4,5)6)14(21)11-9-24-10-17-11/h9-10H,7-8H2,1-6H3. The number of carbonyl (C=O) groups is 3. The smallest absolute Gasteiger partial charge is 0.326 e. The van der Waals surface area contributed by atoms with Gasteiger partial charge in [-0.05, 0) is 41.5 Å². The summed E-state index contributed by atoms with van der Waals surface area (Å²) in [6.45, 7) is 9.66. The van der Waals surface area contributed by atoms with Crippen molar-refractivity contribution in [2.45, 2.75) is 52.7 Å². The molecule has 0 N–H and O–H groups in total. The van der Waals surface area contributed by atoms with E-state index >= 15 is 0 Å². The molecule has 0 atom stereocenters. The van der Waals surface area contributed by atoms with Crippen molar-refractivity contribution in [1.82, 2.24) is 9.88 Å². The molecule has 0 aliphatic carbocycles. The van der Waals surface area contributed by atoms with Gasteiger partial charge < -0.3 is 14.4 Å². The number of hydrogen-bond donors (Lipinski definition) is 0. The Morgan fingerprint density at radius 1 is 1.00 bits per heavy atom. The average Bonchev–Trinajstić information content (AvgIpc) is 2.85. The second kappa shape index (κ2) is 7.74. The molecule has 1 heterocycles. The molecular weight excluding hydrogens is 332 g/mol. The van der Waals surface area contributed by atoms with E-state index in [4.69, 9.17) is 9.47 Å². The molecule has 1 rings (SSSR count). The third kappa shape index (κ3) is 7.54. The van der Waals surface area contributed by atoms with Crippen LogP contribution in [0.2, 0.25) is 0 Å². The summed E-state index contributed by atoms with van der Waals surface area (Å²) in [6.07, 6.45) is 0. The lowest BCUT2D eigenvalue weighted by Crippen LogP contribution is -2.43. The lowest BCUT2D eigenvalue weighted by molar-refractivity contribution is -0.158. The third-order valence-corrected chi connectivity index (χ3v) is 3.01. The maximum Gasteiger partial charge on any atom is 0.326 e. The van der Waals surface area contributed by atoms with E-state index in [1.807, 2.05) is 0 Å². The second-order valence-corrected chi connectivity index (χ2v) is 7.93. The summed E-state index contributed by atoms with van der Waals surface area (Å²) in [7, 11) is 0. The number of hydrogen-bond acceptors (Lipinski definition) is 7. The SMILES string of the molecule is CC(C)(C)OC(=O)CN(CC(=O)OC(C)(C)C)C(=O)c1cscn1. The molecule has 0 unspecified atom stereocenters. The molecule has 1 aromatic rings. The minimum atomic E-state index is -0.682. The zero-order chi connectivity index (χ0) is 18.5. The molecule has 0 aromatic carbocycles. The number of amides is 1. The topological polar surface area (TPSA) is 85.8 Å². The molecule has 7 nitrogen and oxygen atoms in total. The normalized spacial score (nSPS) is 11.8. The minimum absolute atomic E-state index is 0.173. The third-order valence-electron chi connectivity index (χ3n) is 2.42. The first-order valence-corrected chi connectivity index (χ1v) is 8.43. The van der Waals surface area contributed by atoms with E-state index in [9.17, 15) is 14.4 Å². The van der Waals surface area contributed by atoms with Crippen molar-refractivity contribution >= 4 is 29.2 Å². The Hall–Kier alpha value is -1.96. The summed E-state index contributed by atoms with van der Waals surface area (Å²) >= 11 is 1.25. The van der Waals surface area contributed by atoms with Crippen LogP contribution in [0.5, 0.6) is 0 Å². The van der Waals surface area contributed by atoms with Gasteiger partial charge in [0.2, 0.25) is 0 Å². The molecule has 0 bridgehead atoms. The van der Waals surface area contributed by atoms with Crippen molar-refractivity contribution < 1.29 is 23.9 Å². The van der Waals surface area contributed by atoms with Crippen molar-refractivity contribution in [2.24, 2.45) is 0 Å². The van der Waals surface area contributed by atoms with Crippen LogP contribution >= 0.6 is 11.3 Å². The quantitative estimate of drug-likeness (QED) is 0.752. The molecule has 0 aliphatic rings. The molecule has 24 heavy (non-hydrogen) atoms. The van der Waals surface area contributed by atoms with Gasteiger partial charge in [-0.25, -0.2) is 4.98 Å². The van der Waals surface area contributed by atoms with E-state index in [2.05, 4.69) is 4.98 Å². The minimum Gasteiger partial charge on any atom is -0.459 e. The second-order valence-electron chi connectivity index (χ2n) is 7.21. The Morgan fingerprint density at radius 3 is 1.79 bits per heavy atom. The number of thiazole rings is 1. The van der Waals surface area contributed by atoms with Gasteiger partial charge in [0.25, 0.3) is 5.91 Å². The molecule has 0 fully saturated rings. The number of nitrogens with zero attached hydrogens (tertiary/aromatic N) is 2. The Morgan fingerprint density at radius 2 is 1.46 bits per heavy atom. The Balaban J connectivity index is 2.85. The first-order valence-electron chi connectivity index (χ1n) is 7.48. The molecule has 8 heteroatoms. The van der Waals surface area contributed by atoms with Gasteiger partial charge in [-0.3, -0.25) is 14.4 Å². The van der Waals surface area contributed by atoms with Crippen LogP contribution in [0.25, 0.3) is 0 Å². The van der Waals surface area contributed by atoms with E-state index < -0.39 is 29.0 Å². The predicted octanol–water partition coefficient (Wildman–Crippen LogP) is 2.27. The van der Waals surface area contributed by atoms with Gasteiger partial charge in [0.05, 0.1) is 5.51 Å². The van der Waals surface area contributed by atoms with Crippen molar-refractivity contribution in [3.8, 4) is 0 Å². The van der Waals surface area contributed by atoms with Gasteiger partial charge in [-0.1, -0.05) is 0 Å². The fraction of sp³-hybridized carbons (Fsp3) is 0.625. The summed E-state index contributed by atoms with van der Waals surface area (Å²) in [5, 5.41) is 1.56. The molecule has 0 aliphatic heterocycles. The first kappa shape index (κ1) is 20.1. The Kier molecular flexibility index (Phi) is 6.48. The van der Waals surface area contributed by atoms with E-state index in [0.717, 1.165) is 4.90 Å². The van der Waals surface area contributed by atoms with Gasteiger partial charge in [-0.15, -0.1) is 11.3 Å². The number of ether oxygens (including phenoxy) is 2. The first-order chi connectivity index (χ1) is 10.9. The van der Waals surface area contributed by atoms with Crippen LogP contribution in [0.3, 0.4) is 0 Å². The van der Waals surface area contributed by atoms with Crippen LogP contribution in [0.15, 0.2) is 10.9 Å². The molecule has 1 amide bonds. The number of carbonyl (C=O) groups excluding carboxylic acids is 3. The highest BCUT2D eigenvalue weighted by molar-refractivity contribution is 7.07. The van der Waals surface area contributed by atoms with Crippen LogP contribution in [0.4, 0.5) is 0 Å². The van der Waals surface area contributed by atoms with Crippen molar-refractivity contribution in [1.29, 1.82) is 0 Å². The Labute approximate surface area is 146 Å². The predicted molar refractivity (Wildman–Crippen MR) is 89.7 cm³/mol. The van der Waals surface area contributed by atoms with E-state index in [1.54, 1.807) is 46.9 Å². The van der Waals surface area contributed by atoms with Gasteiger partial charge in [-0.2, -0.15) is 0 Å². The van der Waals surface area contributed by atoms with E-state index in [1.165, 1.54) is 16.8 Å². The fourth-order valence-electron chi connectivity index (χ4n) is 1.74. The van der Waals surface area contributed by atoms with E-state index in [0.29, 0.717) is 0 Å². The van der Waals surface area contributed by atoms with Crippen LogP contribution in [-0.2, 0) is 19.1 Å². The summed E-state index contributed by atoms with van der Waals surface area (Å²) < 4.78 is 10.4. The van der Waals surface area contributed by atoms with Gasteiger partial charge in [0.1, 0.15) is 30.0 Å². The number of rotatable bonds is 5. The maximum absolute atomic E-state index is 12.5. The highest BCUT2D eigenvalue weighted by Crippen LogP contribution is 2.12. The summed E-state index contributed by atoms with van der Waals surface area (Å²) in [4.78, 5) is 41.5. The average molecular weight is 356 g/mol. The van der Waals surface area contributed by atoms with Crippen LogP contribution < -0.4 is 0 Å². The molecular formula is C16H24N2O5S. The lowest BCUT2D eigenvalue weighted by atomic mass is 10.2. The van der Waals surface area contributed by atoms with Crippen LogP contribution in [-0.4, -0.2) is 52.0 Å². The fourth-order valence-corrected chi connectivity index (χ4v) is 2.26. The molecule has 134 valence electrons. The van der Waals surface area contributed by atoms with Gasteiger partial charge >= 0.3 is 11.9 Å². The summed E-state index contributed by atoms with van der Waals surface area (Å²) in [6, 6.07) is 0. The zero-order valence-corrected chi connectivity index (χ0v) is 15.7. The monoisotopic (exact) mass is 356 g/mol. The molecule has 0 saturated carbocycles. The van der Waals surface area contributed by atoms with E-state index in [-0.39, 0.29) is 18.8 Å². The largest absolute Gasteiger partial charge is 0.459 e. The highest BCUT2D eigenvalue weighted by atomic mass is 32.1. The van der Waals surface area contributed by atoms with Gasteiger partial charge in [0.15, 0.2) is 0 Å². The van der Waals surface area contributed by atoms with Crippen LogP contribution in [0, 0.1) is 0 Å². The number of esters is 2. The van der Waals surface area contributed by atoms with Crippen LogP contribution in [0.1, 0.15) is 52.0 Å². The molecule has 0 radical (unpaired) electrons. The zero-order valence-electron chi connectivity index (χ0n) is 14.9. The van der Waals surface area contributed by atoms with Crippen molar-refractivity contribution in [3.63, 3.8) is 0 Å². The highest BCUT2D eigenvalue weighted by Gasteiger charge is 2.27. The molecule has 1 aromatic heterocycles. The maximum atomic E-state index is 12.5.